The van der Waals surface area contributed by atoms with Gasteiger partial charge in [0.2, 0.25) is 0 Å². The molecule has 2 rings (SSSR count). The molecule has 0 radical (unpaired) electrons. The number of aromatic nitrogens is 2. The monoisotopic (exact) mass is 298 g/mol. The summed E-state index contributed by atoms with van der Waals surface area (Å²) in [4.78, 5) is 0. The minimum atomic E-state index is -4.52. The molecule has 0 aliphatic carbocycles. The van der Waals surface area contributed by atoms with Gasteiger partial charge in [-0.15, -0.1) is 0 Å². The van der Waals surface area contributed by atoms with E-state index in [1.807, 2.05) is 0 Å². The maximum atomic E-state index is 12.9. The number of aliphatic hydroxyl groups excluding tert-OH is 1. The van der Waals surface area contributed by atoms with Gasteiger partial charge in [-0.1, -0.05) is 0 Å². The number of nitrogens with one attached hydrogen (secondary N) is 1. The lowest BCUT2D eigenvalue weighted by atomic mass is 9.98. The molecule has 1 heterocycles. The van der Waals surface area contributed by atoms with Crippen LogP contribution in [-0.2, 0) is 12.7 Å². The van der Waals surface area contributed by atoms with Crippen molar-refractivity contribution < 1.29 is 18.3 Å². The average Bonchev–Trinajstić information content (AvgIpc) is 2.85. The van der Waals surface area contributed by atoms with E-state index < -0.39 is 11.7 Å². The van der Waals surface area contributed by atoms with Crippen molar-refractivity contribution in [1.29, 1.82) is 5.41 Å². The van der Waals surface area contributed by atoms with Crippen LogP contribution < -0.4 is 5.73 Å². The number of hydrogen-bond acceptors (Lipinski definition) is 4. The Kier molecular flexibility index (Phi) is 3.99. The summed E-state index contributed by atoms with van der Waals surface area (Å²) in [7, 11) is 0. The van der Waals surface area contributed by atoms with Crippen molar-refractivity contribution in [3.63, 3.8) is 0 Å². The first-order valence-corrected chi connectivity index (χ1v) is 6.01. The molecule has 0 aliphatic rings. The van der Waals surface area contributed by atoms with Gasteiger partial charge < -0.3 is 16.2 Å². The molecule has 4 N–H and O–H groups in total. The van der Waals surface area contributed by atoms with E-state index in [1.54, 1.807) is 0 Å². The molecular formula is C13H13F3N4O. The molecule has 2 aromatic rings. The fraction of sp³-hybridized carbons (Fsp3) is 0.231. The second-order valence-electron chi connectivity index (χ2n) is 4.38. The topological polar surface area (TPSA) is 87.9 Å². The van der Waals surface area contributed by atoms with Crippen molar-refractivity contribution in [1.82, 2.24) is 9.78 Å². The molecule has 0 spiro atoms. The van der Waals surface area contributed by atoms with Crippen LogP contribution in [0.3, 0.4) is 0 Å². The number of nitrogens with two attached hydrogens (primary N) is 1. The number of alkyl halides is 3. The minimum absolute atomic E-state index is 0.121. The number of benzene rings is 1. The van der Waals surface area contributed by atoms with Gasteiger partial charge in [0.15, 0.2) is 0 Å². The van der Waals surface area contributed by atoms with Crippen LogP contribution in [0, 0.1) is 5.41 Å². The Morgan fingerprint density at radius 3 is 2.67 bits per heavy atom. The maximum absolute atomic E-state index is 12.9. The summed E-state index contributed by atoms with van der Waals surface area (Å²) in [6.07, 6.45) is -0.742. The predicted molar refractivity (Wildman–Crippen MR) is 72.0 cm³/mol. The Morgan fingerprint density at radius 2 is 2.10 bits per heavy atom. The largest absolute Gasteiger partial charge is 0.416 e. The summed E-state index contributed by atoms with van der Waals surface area (Å²) in [5, 5.41) is 20.1. The summed E-state index contributed by atoms with van der Waals surface area (Å²) >= 11 is 0. The summed E-state index contributed by atoms with van der Waals surface area (Å²) in [6.45, 7) is 0.0949. The molecule has 0 fully saturated rings. The normalized spacial score (nSPS) is 11.6. The van der Waals surface area contributed by atoms with Crippen molar-refractivity contribution in [2.75, 3.05) is 12.3 Å². The molecule has 0 bridgehead atoms. The van der Waals surface area contributed by atoms with E-state index in [2.05, 4.69) is 5.10 Å². The maximum Gasteiger partial charge on any atom is 0.416 e. The molecule has 21 heavy (non-hydrogen) atoms. The van der Waals surface area contributed by atoms with Crippen LogP contribution in [0.4, 0.5) is 18.9 Å². The Morgan fingerprint density at radius 1 is 1.38 bits per heavy atom. The van der Waals surface area contributed by atoms with E-state index in [4.69, 9.17) is 16.2 Å². The highest BCUT2D eigenvalue weighted by atomic mass is 19.4. The van der Waals surface area contributed by atoms with E-state index in [9.17, 15) is 13.2 Å². The van der Waals surface area contributed by atoms with Gasteiger partial charge in [-0.3, -0.25) is 4.68 Å². The van der Waals surface area contributed by atoms with E-state index in [-0.39, 0.29) is 30.0 Å². The van der Waals surface area contributed by atoms with Crippen molar-refractivity contribution >= 4 is 11.9 Å². The molecule has 8 heteroatoms. The van der Waals surface area contributed by atoms with Gasteiger partial charge in [0.1, 0.15) is 0 Å². The van der Waals surface area contributed by atoms with E-state index >= 15 is 0 Å². The number of aliphatic hydroxyl groups is 1. The number of halogens is 3. The molecule has 0 saturated carbocycles. The van der Waals surface area contributed by atoms with Gasteiger partial charge in [0.05, 0.1) is 24.9 Å². The Hall–Kier alpha value is -2.35. The van der Waals surface area contributed by atoms with Crippen molar-refractivity contribution in [2.45, 2.75) is 12.7 Å². The first-order chi connectivity index (χ1) is 9.86. The molecule has 1 aromatic carbocycles. The third-order valence-corrected chi connectivity index (χ3v) is 2.96. The zero-order valence-corrected chi connectivity index (χ0v) is 10.9. The van der Waals surface area contributed by atoms with Gasteiger partial charge in [0.25, 0.3) is 0 Å². The SMILES string of the molecule is N=Cc1c(N)cc(C(F)(F)F)cc1-c1cnn(CCO)c1. The van der Waals surface area contributed by atoms with Crippen LogP contribution in [0.2, 0.25) is 0 Å². The van der Waals surface area contributed by atoms with Gasteiger partial charge in [0, 0.05) is 29.2 Å². The highest BCUT2D eigenvalue weighted by Crippen LogP contribution is 2.36. The van der Waals surface area contributed by atoms with Crippen LogP contribution in [0.15, 0.2) is 24.5 Å². The van der Waals surface area contributed by atoms with E-state index in [0.717, 1.165) is 18.3 Å². The molecule has 0 aliphatic heterocycles. The third kappa shape index (κ3) is 3.05. The van der Waals surface area contributed by atoms with Gasteiger partial charge in [-0.25, -0.2) is 0 Å². The standard InChI is InChI=1S/C13H13F3N4O/c14-13(15,16)9-3-10(11(5-17)12(18)4-9)8-6-19-20(7-8)1-2-21/h3-7,17,21H,1-2,18H2. The van der Waals surface area contributed by atoms with Crippen LogP contribution in [0.25, 0.3) is 11.1 Å². The summed E-state index contributed by atoms with van der Waals surface area (Å²) in [6, 6.07) is 1.75. The number of rotatable bonds is 4. The zero-order chi connectivity index (χ0) is 15.6. The first-order valence-electron chi connectivity index (χ1n) is 6.01. The predicted octanol–water partition coefficient (Wildman–Crippen LogP) is 2.14. The summed E-state index contributed by atoms with van der Waals surface area (Å²) < 4.78 is 40.0. The second kappa shape index (κ2) is 5.57. The van der Waals surface area contributed by atoms with Crippen LogP contribution in [-0.4, -0.2) is 27.7 Å². The Bertz CT molecular complexity index is 664. The van der Waals surface area contributed by atoms with Gasteiger partial charge in [-0.2, -0.15) is 18.3 Å². The Labute approximate surface area is 118 Å². The average molecular weight is 298 g/mol. The number of hydrogen-bond donors (Lipinski definition) is 3. The molecular weight excluding hydrogens is 285 g/mol. The first kappa shape index (κ1) is 15.0. The Balaban J connectivity index is 2.59. The number of nitrogen functional groups attached to an aromatic ring is 1. The fourth-order valence-electron chi connectivity index (χ4n) is 1.97. The highest BCUT2D eigenvalue weighted by molar-refractivity contribution is 5.95. The highest BCUT2D eigenvalue weighted by Gasteiger charge is 2.32. The van der Waals surface area contributed by atoms with E-state index in [0.29, 0.717) is 5.56 Å². The summed E-state index contributed by atoms with van der Waals surface area (Å²) in [5.74, 6) is 0. The molecule has 1 aromatic heterocycles. The quantitative estimate of drug-likeness (QED) is 0.597. The number of anilines is 1. The molecule has 112 valence electrons. The zero-order valence-electron chi connectivity index (χ0n) is 10.9. The second-order valence-corrected chi connectivity index (χ2v) is 4.38. The van der Waals surface area contributed by atoms with Gasteiger partial charge in [-0.05, 0) is 17.7 Å². The van der Waals surface area contributed by atoms with E-state index in [1.165, 1.54) is 17.1 Å². The molecule has 0 unspecified atom stereocenters. The lowest BCUT2D eigenvalue weighted by Crippen LogP contribution is -2.08. The lowest BCUT2D eigenvalue weighted by molar-refractivity contribution is -0.137. The fourth-order valence-corrected chi connectivity index (χ4v) is 1.97. The summed E-state index contributed by atoms with van der Waals surface area (Å²) in [5.41, 5.74) is 5.40. The van der Waals surface area contributed by atoms with Gasteiger partial charge >= 0.3 is 6.18 Å². The number of nitrogens with zero attached hydrogens (tertiary/aromatic N) is 2. The van der Waals surface area contributed by atoms with Crippen molar-refractivity contribution in [3.05, 3.63) is 35.7 Å². The molecule has 0 saturated heterocycles. The third-order valence-electron chi connectivity index (χ3n) is 2.96. The lowest BCUT2D eigenvalue weighted by Gasteiger charge is -2.13. The van der Waals surface area contributed by atoms with Crippen LogP contribution in [0.1, 0.15) is 11.1 Å². The minimum Gasteiger partial charge on any atom is -0.398 e. The molecule has 5 nitrogen and oxygen atoms in total. The van der Waals surface area contributed by atoms with Crippen LogP contribution in [0.5, 0.6) is 0 Å². The van der Waals surface area contributed by atoms with Crippen molar-refractivity contribution in [3.8, 4) is 11.1 Å². The molecule has 0 atom stereocenters. The molecule has 0 amide bonds. The smallest absolute Gasteiger partial charge is 0.398 e. The van der Waals surface area contributed by atoms with Crippen molar-refractivity contribution in [2.24, 2.45) is 0 Å². The van der Waals surface area contributed by atoms with Crippen LogP contribution >= 0.6 is 0 Å².